The van der Waals surface area contributed by atoms with Crippen molar-refractivity contribution in [1.82, 2.24) is 10.6 Å². The van der Waals surface area contributed by atoms with Gasteiger partial charge in [-0.25, -0.2) is 8.42 Å². The van der Waals surface area contributed by atoms with E-state index in [0.29, 0.717) is 6.42 Å². The molecule has 144 valence electrons. The SMILES string of the molecule is CC1(C)[C@H](C=C(Cl)Cl)[C@@H]1C(=O)N[C@H](N[C@H]1CCS(=O)(=O)C1)C(Cl)(Cl)Cl. The zero-order chi connectivity index (χ0) is 19.2. The van der Waals surface area contributed by atoms with Crippen LogP contribution in [0.1, 0.15) is 20.3 Å². The maximum atomic E-state index is 12.6. The van der Waals surface area contributed by atoms with Gasteiger partial charge in [0.15, 0.2) is 9.84 Å². The van der Waals surface area contributed by atoms with Crippen LogP contribution in [0.3, 0.4) is 0 Å². The highest BCUT2D eigenvalue weighted by Gasteiger charge is 2.61. The second-order valence-corrected chi connectivity index (χ2v) is 12.6. The molecule has 1 aliphatic heterocycles. The van der Waals surface area contributed by atoms with Gasteiger partial charge in [-0.2, -0.15) is 0 Å². The fourth-order valence-electron chi connectivity index (χ4n) is 3.24. The average molecular weight is 473 g/mol. The second kappa shape index (κ2) is 7.53. The van der Waals surface area contributed by atoms with Crippen LogP contribution in [0.5, 0.6) is 0 Å². The number of alkyl halides is 3. The maximum absolute atomic E-state index is 12.6. The number of allylic oxidation sites excluding steroid dienone is 1. The normalized spacial score (nSPS) is 31.2. The number of hydrogen-bond donors (Lipinski definition) is 2. The molecule has 25 heavy (non-hydrogen) atoms. The molecule has 1 saturated heterocycles. The van der Waals surface area contributed by atoms with Crippen molar-refractivity contribution in [3.05, 3.63) is 10.6 Å². The fraction of sp³-hybridized carbons (Fsp3) is 0.786. The number of amides is 1. The number of carbonyl (C=O) groups is 1. The van der Waals surface area contributed by atoms with Gasteiger partial charge >= 0.3 is 0 Å². The lowest BCUT2D eigenvalue weighted by Crippen LogP contribution is -2.57. The molecule has 0 aromatic heterocycles. The summed E-state index contributed by atoms with van der Waals surface area (Å²) in [4.78, 5) is 12.6. The van der Waals surface area contributed by atoms with Crippen LogP contribution in [0.4, 0.5) is 0 Å². The number of hydrogen-bond acceptors (Lipinski definition) is 4. The number of nitrogens with one attached hydrogen (secondary N) is 2. The largest absolute Gasteiger partial charge is 0.336 e. The highest BCUT2D eigenvalue weighted by molar-refractivity contribution is 7.91. The second-order valence-electron chi connectivity index (χ2n) is 7.03. The molecule has 4 atom stereocenters. The van der Waals surface area contributed by atoms with Gasteiger partial charge in [0.05, 0.1) is 17.4 Å². The monoisotopic (exact) mass is 470 g/mol. The van der Waals surface area contributed by atoms with E-state index < -0.39 is 19.8 Å². The van der Waals surface area contributed by atoms with Crippen LogP contribution in [-0.2, 0) is 14.6 Å². The molecule has 0 radical (unpaired) electrons. The molecule has 1 amide bonds. The van der Waals surface area contributed by atoms with E-state index in [2.05, 4.69) is 10.6 Å². The molecule has 0 aromatic carbocycles. The molecule has 2 rings (SSSR count). The third-order valence-electron chi connectivity index (χ3n) is 4.75. The number of halogens is 5. The van der Waals surface area contributed by atoms with Crippen molar-refractivity contribution in [2.75, 3.05) is 11.5 Å². The average Bonchev–Trinajstić information content (AvgIpc) is 2.75. The molecule has 0 aromatic rings. The summed E-state index contributed by atoms with van der Waals surface area (Å²) in [5.41, 5.74) is -0.325. The van der Waals surface area contributed by atoms with E-state index in [1.54, 1.807) is 6.08 Å². The Labute approximate surface area is 172 Å². The highest BCUT2D eigenvalue weighted by atomic mass is 35.6. The van der Waals surface area contributed by atoms with Crippen molar-refractivity contribution in [2.45, 2.75) is 36.3 Å². The van der Waals surface area contributed by atoms with Crippen LogP contribution in [0, 0.1) is 17.3 Å². The first kappa shape index (κ1) is 21.9. The van der Waals surface area contributed by atoms with Crippen molar-refractivity contribution >= 4 is 73.7 Å². The van der Waals surface area contributed by atoms with Gasteiger partial charge in [0.25, 0.3) is 0 Å². The van der Waals surface area contributed by atoms with E-state index in [0.717, 1.165) is 0 Å². The van der Waals surface area contributed by atoms with Crippen molar-refractivity contribution in [3.63, 3.8) is 0 Å². The van der Waals surface area contributed by atoms with Gasteiger partial charge in [-0.1, -0.05) is 71.9 Å². The summed E-state index contributed by atoms with van der Waals surface area (Å²) in [6.07, 6.45) is 1.00. The molecule has 0 bridgehead atoms. The van der Waals surface area contributed by atoms with Gasteiger partial charge in [0.1, 0.15) is 10.7 Å². The smallest absolute Gasteiger partial charge is 0.225 e. The lowest BCUT2D eigenvalue weighted by Gasteiger charge is -2.29. The number of rotatable bonds is 5. The molecule has 2 N–H and O–H groups in total. The van der Waals surface area contributed by atoms with Crippen LogP contribution in [-0.4, -0.2) is 41.8 Å². The summed E-state index contributed by atoms with van der Waals surface area (Å²) in [6, 6.07) is -0.383. The molecule has 0 unspecified atom stereocenters. The van der Waals surface area contributed by atoms with Gasteiger partial charge in [-0.3, -0.25) is 10.1 Å². The lowest BCUT2D eigenvalue weighted by molar-refractivity contribution is -0.124. The first-order chi connectivity index (χ1) is 11.2. The Morgan fingerprint density at radius 1 is 1.28 bits per heavy atom. The molecule has 2 aliphatic rings. The minimum atomic E-state index is -3.10. The first-order valence-electron chi connectivity index (χ1n) is 7.60. The molecule has 0 spiro atoms. The molecule has 2 fully saturated rings. The van der Waals surface area contributed by atoms with E-state index in [4.69, 9.17) is 58.0 Å². The van der Waals surface area contributed by atoms with Gasteiger partial charge in [0, 0.05) is 6.04 Å². The van der Waals surface area contributed by atoms with Crippen molar-refractivity contribution < 1.29 is 13.2 Å². The predicted octanol–water partition coefficient (Wildman–Crippen LogP) is 3.17. The zero-order valence-corrected chi connectivity index (χ0v) is 18.1. The van der Waals surface area contributed by atoms with Gasteiger partial charge in [-0.15, -0.1) is 0 Å². The minimum Gasteiger partial charge on any atom is -0.336 e. The quantitative estimate of drug-likeness (QED) is 0.476. The molecular formula is C14H19Cl5N2O3S. The maximum Gasteiger partial charge on any atom is 0.225 e. The van der Waals surface area contributed by atoms with E-state index in [9.17, 15) is 13.2 Å². The van der Waals surface area contributed by atoms with Crippen molar-refractivity contribution in [3.8, 4) is 0 Å². The molecule has 1 saturated carbocycles. The lowest BCUT2D eigenvalue weighted by atomic mass is 10.1. The van der Waals surface area contributed by atoms with Gasteiger partial charge in [0.2, 0.25) is 9.70 Å². The third kappa shape index (κ3) is 5.53. The third-order valence-corrected chi connectivity index (χ3v) is 7.42. The summed E-state index contributed by atoms with van der Waals surface area (Å²) in [6.45, 7) is 3.83. The summed E-state index contributed by atoms with van der Waals surface area (Å²) >= 11 is 29.3. The van der Waals surface area contributed by atoms with Gasteiger partial charge < -0.3 is 5.32 Å². The van der Waals surface area contributed by atoms with Gasteiger partial charge in [-0.05, 0) is 23.8 Å². The summed E-state index contributed by atoms with van der Waals surface area (Å²) in [5, 5.41) is 5.61. The van der Waals surface area contributed by atoms with Crippen molar-refractivity contribution in [2.24, 2.45) is 17.3 Å². The standard InChI is InChI=1S/C14H19Cl5N2O3S/c1-13(2)8(5-9(15)16)10(13)11(22)21-12(14(17,18)19)20-7-3-4-25(23,24)6-7/h5,7-8,10,12,20H,3-4,6H2,1-2H3,(H,21,22)/t7-,8+,10+,12-/m0/s1. The Morgan fingerprint density at radius 2 is 1.88 bits per heavy atom. The molecule has 1 heterocycles. The van der Waals surface area contributed by atoms with Crippen LogP contribution < -0.4 is 10.6 Å². The Morgan fingerprint density at radius 3 is 2.32 bits per heavy atom. The van der Waals surface area contributed by atoms with E-state index in [-0.39, 0.29) is 45.2 Å². The predicted molar refractivity (Wildman–Crippen MR) is 103 cm³/mol. The highest BCUT2D eigenvalue weighted by Crippen LogP contribution is 2.59. The number of sulfone groups is 1. The molecule has 1 aliphatic carbocycles. The number of carbonyl (C=O) groups excluding carboxylic acids is 1. The van der Waals surface area contributed by atoms with Crippen LogP contribution in [0.15, 0.2) is 10.6 Å². The fourth-order valence-corrected chi connectivity index (χ4v) is 5.55. The van der Waals surface area contributed by atoms with E-state index in [1.165, 1.54) is 0 Å². The minimum absolute atomic E-state index is 0.0533. The molecule has 5 nitrogen and oxygen atoms in total. The van der Waals surface area contributed by atoms with E-state index in [1.807, 2.05) is 13.8 Å². The van der Waals surface area contributed by atoms with Crippen molar-refractivity contribution in [1.29, 1.82) is 0 Å². The summed E-state index contributed by atoms with van der Waals surface area (Å²) in [5.74, 6) is -0.792. The molecule has 11 heteroatoms. The summed E-state index contributed by atoms with van der Waals surface area (Å²) in [7, 11) is -3.10. The Hall–Kier alpha value is 0.570. The topological polar surface area (TPSA) is 75.3 Å². The Kier molecular flexibility index (Phi) is 6.59. The van der Waals surface area contributed by atoms with E-state index >= 15 is 0 Å². The Bertz CT molecular complexity index is 670. The Balaban J connectivity index is 2.06. The van der Waals surface area contributed by atoms with Crippen LogP contribution >= 0.6 is 58.0 Å². The van der Waals surface area contributed by atoms with Crippen LogP contribution in [0.25, 0.3) is 0 Å². The van der Waals surface area contributed by atoms with Crippen LogP contribution in [0.2, 0.25) is 0 Å². The first-order valence-corrected chi connectivity index (χ1v) is 11.3. The molecular weight excluding hydrogens is 453 g/mol. The zero-order valence-electron chi connectivity index (χ0n) is 13.5. The summed E-state index contributed by atoms with van der Waals surface area (Å²) < 4.78 is 21.4.